The second-order valence-electron chi connectivity index (χ2n) is 9.90. The Morgan fingerprint density at radius 1 is 1.00 bits per heavy atom. The van der Waals surface area contributed by atoms with Gasteiger partial charge < -0.3 is 0 Å². The molecule has 128 valence electrons. The molecule has 2 aliphatic heterocycles. The third-order valence-electron chi connectivity index (χ3n) is 6.97. The summed E-state index contributed by atoms with van der Waals surface area (Å²) in [5.41, 5.74) is 1.06. The second-order valence-corrected chi connectivity index (χ2v) is 9.90. The third-order valence-corrected chi connectivity index (χ3v) is 6.97. The molecule has 2 nitrogen and oxygen atoms in total. The smallest absolute Gasteiger partial charge is 0.0224 e. The Kier molecular flexibility index (Phi) is 4.64. The number of hydrogen-bond donors (Lipinski definition) is 0. The molecular weight excluding hydrogens is 268 g/mol. The maximum absolute atomic E-state index is 2.83. The quantitative estimate of drug-likeness (QED) is 0.746. The maximum atomic E-state index is 2.83. The van der Waals surface area contributed by atoms with E-state index in [2.05, 4.69) is 44.4 Å². The van der Waals surface area contributed by atoms with E-state index in [9.17, 15) is 0 Å². The van der Waals surface area contributed by atoms with Crippen LogP contribution >= 0.6 is 0 Å². The van der Waals surface area contributed by atoms with Gasteiger partial charge in [0.25, 0.3) is 0 Å². The number of rotatable bonds is 2. The fourth-order valence-corrected chi connectivity index (χ4v) is 5.17. The number of likely N-dealkylation sites (tertiary alicyclic amines) is 2. The number of hydrogen-bond acceptors (Lipinski definition) is 2. The Labute approximate surface area is 138 Å². The van der Waals surface area contributed by atoms with Crippen molar-refractivity contribution in [3.05, 3.63) is 0 Å². The van der Waals surface area contributed by atoms with E-state index in [0.717, 1.165) is 23.3 Å². The Hall–Kier alpha value is -0.0800. The molecule has 1 atom stereocenters. The molecule has 22 heavy (non-hydrogen) atoms. The van der Waals surface area contributed by atoms with Gasteiger partial charge in [-0.25, -0.2) is 0 Å². The Bertz CT molecular complexity index is 366. The van der Waals surface area contributed by atoms with Crippen LogP contribution in [0.1, 0.15) is 73.1 Å². The van der Waals surface area contributed by atoms with Crippen LogP contribution in [-0.4, -0.2) is 47.6 Å². The van der Waals surface area contributed by atoms with E-state index in [1.54, 1.807) is 0 Å². The standard InChI is InChI=1S/C20H38N2/c1-16(2)17-8-10-20(11-9-17)14-21(15-20)18-7-6-12-22(13-18)19(3,4)5/h16-18H,6-15H2,1-5H3. The van der Waals surface area contributed by atoms with Crippen molar-refractivity contribution in [2.75, 3.05) is 26.2 Å². The summed E-state index contributed by atoms with van der Waals surface area (Å²) in [6, 6.07) is 0.835. The van der Waals surface area contributed by atoms with Gasteiger partial charge in [0.1, 0.15) is 0 Å². The molecule has 0 aromatic rings. The molecule has 3 aliphatic rings. The van der Waals surface area contributed by atoms with Gasteiger partial charge in [-0.15, -0.1) is 0 Å². The molecule has 0 aromatic heterocycles. The summed E-state index contributed by atoms with van der Waals surface area (Å²) < 4.78 is 0. The molecule has 3 rings (SSSR count). The van der Waals surface area contributed by atoms with Crippen molar-refractivity contribution >= 4 is 0 Å². The van der Waals surface area contributed by atoms with Crippen LogP contribution in [0.15, 0.2) is 0 Å². The van der Waals surface area contributed by atoms with E-state index in [1.807, 2.05) is 0 Å². The second kappa shape index (κ2) is 6.09. The molecule has 1 aliphatic carbocycles. The SMILES string of the molecule is CC(C)C1CCC2(CC1)CN(C1CCCN(C(C)(C)C)C1)C2. The van der Waals surface area contributed by atoms with E-state index >= 15 is 0 Å². The maximum Gasteiger partial charge on any atom is 0.0224 e. The summed E-state index contributed by atoms with van der Waals surface area (Å²) in [7, 11) is 0. The summed E-state index contributed by atoms with van der Waals surface area (Å²) in [6.45, 7) is 17.4. The van der Waals surface area contributed by atoms with E-state index in [-0.39, 0.29) is 0 Å². The summed E-state index contributed by atoms with van der Waals surface area (Å²) in [5, 5.41) is 0. The highest BCUT2D eigenvalue weighted by Crippen LogP contribution is 2.48. The number of nitrogens with zero attached hydrogens (tertiary/aromatic N) is 2. The first-order valence-electron chi connectivity index (χ1n) is 9.78. The first-order chi connectivity index (χ1) is 10.3. The molecule has 0 amide bonds. The minimum absolute atomic E-state index is 0.344. The molecule has 3 fully saturated rings. The fraction of sp³-hybridized carbons (Fsp3) is 1.00. The molecule has 1 spiro atoms. The van der Waals surface area contributed by atoms with Crippen molar-refractivity contribution < 1.29 is 0 Å². The fourth-order valence-electron chi connectivity index (χ4n) is 5.17. The molecule has 2 saturated heterocycles. The molecule has 2 heterocycles. The topological polar surface area (TPSA) is 6.48 Å². The van der Waals surface area contributed by atoms with E-state index in [4.69, 9.17) is 0 Å². The monoisotopic (exact) mass is 306 g/mol. The molecular formula is C20H38N2. The molecule has 0 aromatic carbocycles. The lowest BCUT2D eigenvalue weighted by Crippen LogP contribution is -2.64. The van der Waals surface area contributed by atoms with Crippen LogP contribution in [0.3, 0.4) is 0 Å². The zero-order valence-electron chi connectivity index (χ0n) is 15.7. The molecule has 0 N–H and O–H groups in total. The zero-order chi connectivity index (χ0) is 16.0. The predicted octanol–water partition coefficient (Wildman–Crippen LogP) is 4.40. The zero-order valence-corrected chi connectivity index (χ0v) is 15.7. The molecule has 0 radical (unpaired) electrons. The van der Waals surface area contributed by atoms with Gasteiger partial charge in [0, 0.05) is 31.2 Å². The molecule has 1 saturated carbocycles. The number of piperidine rings is 1. The van der Waals surface area contributed by atoms with Crippen LogP contribution in [0, 0.1) is 17.3 Å². The van der Waals surface area contributed by atoms with Crippen molar-refractivity contribution in [3.63, 3.8) is 0 Å². The predicted molar refractivity (Wildman–Crippen MR) is 95.2 cm³/mol. The average Bonchev–Trinajstić information content (AvgIpc) is 2.44. The van der Waals surface area contributed by atoms with E-state index < -0.39 is 0 Å². The highest BCUT2D eigenvalue weighted by Gasteiger charge is 2.48. The van der Waals surface area contributed by atoms with Gasteiger partial charge in [0.15, 0.2) is 0 Å². The van der Waals surface area contributed by atoms with E-state index in [0.29, 0.717) is 5.54 Å². The van der Waals surface area contributed by atoms with Crippen LogP contribution in [0.25, 0.3) is 0 Å². The van der Waals surface area contributed by atoms with Crippen molar-refractivity contribution in [1.29, 1.82) is 0 Å². The summed E-state index contributed by atoms with van der Waals surface area (Å²) in [4.78, 5) is 5.54. The molecule has 1 unspecified atom stereocenters. The lowest BCUT2D eigenvalue weighted by atomic mass is 9.63. The lowest BCUT2D eigenvalue weighted by Gasteiger charge is -2.58. The molecule has 2 heteroatoms. The minimum Gasteiger partial charge on any atom is -0.298 e. The lowest BCUT2D eigenvalue weighted by molar-refractivity contribution is -0.0864. The van der Waals surface area contributed by atoms with Gasteiger partial charge in [-0.05, 0) is 83.1 Å². The van der Waals surface area contributed by atoms with Gasteiger partial charge in [-0.1, -0.05) is 13.8 Å². The highest BCUT2D eigenvalue weighted by molar-refractivity contribution is 5.01. The van der Waals surface area contributed by atoms with Crippen molar-refractivity contribution in [2.45, 2.75) is 84.7 Å². The van der Waals surface area contributed by atoms with Crippen LogP contribution < -0.4 is 0 Å². The van der Waals surface area contributed by atoms with Crippen molar-refractivity contribution in [2.24, 2.45) is 17.3 Å². The van der Waals surface area contributed by atoms with Crippen molar-refractivity contribution in [3.8, 4) is 0 Å². The Morgan fingerprint density at radius 3 is 2.18 bits per heavy atom. The van der Waals surface area contributed by atoms with Crippen LogP contribution in [0.4, 0.5) is 0 Å². The largest absolute Gasteiger partial charge is 0.298 e. The summed E-state index contributed by atoms with van der Waals surface area (Å²) in [5.74, 6) is 1.90. The summed E-state index contributed by atoms with van der Waals surface area (Å²) >= 11 is 0. The first-order valence-corrected chi connectivity index (χ1v) is 9.78. The van der Waals surface area contributed by atoms with Gasteiger partial charge >= 0.3 is 0 Å². The van der Waals surface area contributed by atoms with Gasteiger partial charge in [0.05, 0.1) is 0 Å². The summed E-state index contributed by atoms with van der Waals surface area (Å²) in [6.07, 6.45) is 8.80. The van der Waals surface area contributed by atoms with Crippen LogP contribution in [0.2, 0.25) is 0 Å². The third kappa shape index (κ3) is 3.38. The van der Waals surface area contributed by atoms with Crippen LogP contribution in [-0.2, 0) is 0 Å². The van der Waals surface area contributed by atoms with E-state index in [1.165, 1.54) is 64.7 Å². The molecule has 0 bridgehead atoms. The Balaban J connectivity index is 1.49. The normalized spacial score (nSPS) is 31.6. The van der Waals surface area contributed by atoms with Gasteiger partial charge in [-0.3, -0.25) is 9.80 Å². The first kappa shape index (κ1) is 16.8. The van der Waals surface area contributed by atoms with Gasteiger partial charge in [-0.2, -0.15) is 0 Å². The van der Waals surface area contributed by atoms with Gasteiger partial charge in [0.2, 0.25) is 0 Å². The Morgan fingerprint density at radius 2 is 1.64 bits per heavy atom. The minimum atomic E-state index is 0.344. The van der Waals surface area contributed by atoms with Crippen molar-refractivity contribution in [1.82, 2.24) is 9.80 Å². The average molecular weight is 307 g/mol. The highest BCUT2D eigenvalue weighted by atomic mass is 15.3. The van der Waals surface area contributed by atoms with Crippen LogP contribution in [0.5, 0.6) is 0 Å².